The Morgan fingerprint density at radius 1 is 1.14 bits per heavy atom. The number of rotatable bonds is 5. The van der Waals surface area contributed by atoms with E-state index >= 15 is 0 Å². The monoisotopic (exact) mass is 375 g/mol. The van der Waals surface area contributed by atoms with Crippen molar-refractivity contribution < 1.29 is 14.1 Å². The molecule has 3 aromatic rings. The van der Waals surface area contributed by atoms with Crippen LogP contribution in [0.3, 0.4) is 0 Å². The van der Waals surface area contributed by atoms with Crippen molar-refractivity contribution in [2.45, 2.75) is 20.3 Å². The predicted octanol–water partition coefficient (Wildman–Crippen LogP) is 4.35. The average molecular weight is 375 g/mol. The van der Waals surface area contributed by atoms with Gasteiger partial charge in [-0.2, -0.15) is 4.98 Å². The van der Waals surface area contributed by atoms with Crippen LogP contribution in [0.5, 0.6) is 5.75 Å². The number of fused-ring (bicyclic) bond motifs is 1. The SMILES string of the molecule is CCCN1C(=O)COc2ccc(-c3noc(C=Cc4ccc(C)cc4)n3)cc21. The molecule has 2 heterocycles. The molecule has 0 unspecified atom stereocenters. The van der Waals surface area contributed by atoms with Crippen molar-refractivity contribution in [1.82, 2.24) is 10.1 Å². The Bertz CT molecular complexity index is 1020. The minimum Gasteiger partial charge on any atom is -0.482 e. The van der Waals surface area contributed by atoms with Crippen LogP contribution in [0.15, 0.2) is 47.0 Å². The Morgan fingerprint density at radius 3 is 2.75 bits per heavy atom. The number of anilines is 1. The molecule has 0 bridgehead atoms. The van der Waals surface area contributed by atoms with Crippen LogP contribution in [0.25, 0.3) is 23.5 Å². The summed E-state index contributed by atoms with van der Waals surface area (Å²) < 4.78 is 10.9. The third-order valence-electron chi connectivity index (χ3n) is 4.54. The van der Waals surface area contributed by atoms with E-state index in [1.54, 1.807) is 11.0 Å². The van der Waals surface area contributed by atoms with E-state index in [4.69, 9.17) is 9.26 Å². The fourth-order valence-corrected chi connectivity index (χ4v) is 3.08. The summed E-state index contributed by atoms with van der Waals surface area (Å²) in [5.74, 6) is 1.55. The molecule has 0 spiro atoms. The molecule has 1 aliphatic rings. The summed E-state index contributed by atoms with van der Waals surface area (Å²) in [6.07, 6.45) is 4.58. The maximum atomic E-state index is 12.2. The maximum Gasteiger partial charge on any atom is 0.265 e. The predicted molar refractivity (Wildman–Crippen MR) is 108 cm³/mol. The minimum absolute atomic E-state index is 0.0404. The number of carbonyl (C=O) groups is 1. The van der Waals surface area contributed by atoms with Crippen molar-refractivity contribution in [2.75, 3.05) is 18.1 Å². The van der Waals surface area contributed by atoms with Crippen LogP contribution in [0.4, 0.5) is 5.69 Å². The normalized spacial score (nSPS) is 13.6. The molecule has 6 heteroatoms. The number of nitrogens with zero attached hydrogens (tertiary/aromatic N) is 3. The van der Waals surface area contributed by atoms with Gasteiger partial charge in [0.15, 0.2) is 6.61 Å². The van der Waals surface area contributed by atoms with E-state index in [1.807, 2.05) is 43.3 Å². The molecule has 0 fully saturated rings. The lowest BCUT2D eigenvalue weighted by molar-refractivity contribution is -0.121. The molecule has 0 saturated carbocycles. The van der Waals surface area contributed by atoms with Gasteiger partial charge in [-0.05, 0) is 43.2 Å². The van der Waals surface area contributed by atoms with E-state index in [0.717, 1.165) is 23.2 Å². The number of carbonyl (C=O) groups excluding carboxylic acids is 1. The van der Waals surface area contributed by atoms with Crippen LogP contribution in [-0.2, 0) is 4.79 Å². The van der Waals surface area contributed by atoms with Gasteiger partial charge in [-0.25, -0.2) is 0 Å². The summed E-state index contributed by atoms with van der Waals surface area (Å²) in [7, 11) is 0. The summed E-state index contributed by atoms with van der Waals surface area (Å²) in [4.78, 5) is 18.4. The van der Waals surface area contributed by atoms with Crippen molar-refractivity contribution in [3.05, 3.63) is 59.5 Å². The molecule has 2 aromatic carbocycles. The number of hydrogen-bond acceptors (Lipinski definition) is 5. The molecule has 0 saturated heterocycles. The minimum atomic E-state index is -0.0404. The summed E-state index contributed by atoms with van der Waals surface area (Å²) in [5.41, 5.74) is 3.79. The molecule has 142 valence electrons. The van der Waals surface area contributed by atoms with E-state index < -0.39 is 0 Å². The molecular weight excluding hydrogens is 354 g/mol. The zero-order valence-corrected chi connectivity index (χ0v) is 15.9. The van der Waals surface area contributed by atoms with Gasteiger partial charge in [0.05, 0.1) is 5.69 Å². The second kappa shape index (κ2) is 7.68. The molecule has 1 aromatic heterocycles. The number of amides is 1. The van der Waals surface area contributed by atoms with Gasteiger partial charge in [0, 0.05) is 18.2 Å². The summed E-state index contributed by atoms with van der Waals surface area (Å²) in [6.45, 7) is 4.81. The van der Waals surface area contributed by atoms with Gasteiger partial charge in [-0.3, -0.25) is 4.79 Å². The van der Waals surface area contributed by atoms with Crippen LogP contribution in [0.2, 0.25) is 0 Å². The third kappa shape index (κ3) is 3.67. The molecule has 6 nitrogen and oxygen atoms in total. The van der Waals surface area contributed by atoms with Crippen LogP contribution < -0.4 is 9.64 Å². The smallest absolute Gasteiger partial charge is 0.265 e. The topological polar surface area (TPSA) is 68.5 Å². The fraction of sp³-hybridized carbons (Fsp3) is 0.227. The highest BCUT2D eigenvalue weighted by atomic mass is 16.5. The van der Waals surface area contributed by atoms with Crippen molar-refractivity contribution in [3.8, 4) is 17.1 Å². The summed E-state index contributed by atoms with van der Waals surface area (Å²) >= 11 is 0. The molecule has 0 aliphatic carbocycles. The Hall–Kier alpha value is -3.41. The molecule has 1 aliphatic heterocycles. The van der Waals surface area contributed by atoms with Crippen molar-refractivity contribution in [1.29, 1.82) is 0 Å². The number of hydrogen-bond donors (Lipinski definition) is 0. The van der Waals surface area contributed by atoms with Crippen LogP contribution in [-0.4, -0.2) is 29.2 Å². The van der Waals surface area contributed by atoms with Crippen molar-refractivity contribution in [2.24, 2.45) is 0 Å². The molecule has 0 N–H and O–H groups in total. The number of aryl methyl sites for hydroxylation is 1. The van der Waals surface area contributed by atoms with Gasteiger partial charge in [0.25, 0.3) is 11.8 Å². The Kier molecular flexibility index (Phi) is 4.93. The summed E-state index contributed by atoms with van der Waals surface area (Å²) in [5, 5.41) is 4.07. The Labute approximate surface area is 163 Å². The Morgan fingerprint density at radius 2 is 1.96 bits per heavy atom. The van der Waals surface area contributed by atoms with Crippen molar-refractivity contribution in [3.63, 3.8) is 0 Å². The molecule has 4 rings (SSSR count). The quantitative estimate of drug-likeness (QED) is 0.663. The van der Waals surface area contributed by atoms with E-state index in [9.17, 15) is 4.79 Å². The lowest BCUT2D eigenvalue weighted by Crippen LogP contribution is -2.39. The van der Waals surface area contributed by atoms with Crippen LogP contribution >= 0.6 is 0 Å². The zero-order chi connectivity index (χ0) is 19.5. The van der Waals surface area contributed by atoms with Gasteiger partial charge in [0.2, 0.25) is 5.82 Å². The second-order valence-corrected chi connectivity index (χ2v) is 6.72. The van der Waals surface area contributed by atoms with Crippen LogP contribution in [0, 0.1) is 6.92 Å². The number of benzene rings is 2. The van der Waals surface area contributed by atoms with E-state index in [-0.39, 0.29) is 12.5 Å². The first-order valence-corrected chi connectivity index (χ1v) is 9.30. The second-order valence-electron chi connectivity index (χ2n) is 6.72. The highest BCUT2D eigenvalue weighted by molar-refractivity contribution is 5.98. The van der Waals surface area contributed by atoms with Gasteiger partial charge in [-0.15, -0.1) is 0 Å². The first-order chi connectivity index (χ1) is 13.6. The van der Waals surface area contributed by atoms with E-state index in [0.29, 0.717) is 24.0 Å². The fourth-order valence-electron chi connectivity index (χ4n) is 3.08. The van der Waals surface area contributed by atoms with Crippen LogP contribution in [0.1, 0.15) is 30.4 Å². The Balaban J connectivity index is 1.59. The molecule has 28 heavy (non-hydrogen) atoms. The highest BCUT2D eigenvalue weighted by Gasteiger charge is 2.25. The maximum absolute atomic E-state index is 12.2. The first-order valence-electron chi connectivity index (χ1n) is 9.30. The first kappa shape index (κ1) is 18.0. The van der Waals surface area contributed by atoms with Gasteiger partial charge in [0.1, 0.15) is 5.75 Å². The van der Waals surface area contributed by atoms with Gasteiger partial charge >= 0.3 is 0 Å². The average Bonchev–Trinajstić information content (AvgIpc) is 3.18. The van der Waals surface area contributed by atoms with Gasteiger partial charge < -0.3 is 14.2 Å². The number of ether oxygens (including phenoxy) is 1. The summed E-state index contributed by atoms with van der Waals surface area (Å²) in [6, 6.07) is 13.8. The highest BCUT2D eigenvalue weighted by Crippen LogP contribution is 2.35. The third-order valence-corrected chi connectivity index (χ3v) is 4.54. The molecule has 0 atom stereocenters. The number of aromatic nitrogens is 2. The van der Waals surface area contributed by atoms with E-state index in [2.05, 4.69) is 29.2 Å². The van der Waals surface area contributed by atoms with Crippen molar-refractivity contribution >= 4 is 23.7 Å². The zero-order valence-electron chi connectivity index (χ0n) is 15.9. The molecule has 0 radical (unpaired) electrons. The van der Waals surface area contributed by atoms with Gasteiger partial charge in [-0.1, -0.05) is 41.9 Å². The standard InChI is InChI=1S/C22H21N3O3/c1-3-12-25-18-13-17(9-10-19(18)27-14-21(25)26)22-23-20(28-24-22)11-8-16-6-4-15(2)5-7-16/h4-11,13H,3,12,14H2,1-2H3. The molecular formula is C22H21N3O3. The molecule has 1 amide bonds. The lowest BCUT2D eigenvalue weighted by atomic mass is 10.1. The van der Waals surface area contributed by atoms with E-state index in [1.165, 1.54) is 5.56 Å². The largest absolute Gasteiger partial charge is 0.482 e. The lowest BCUT2D eigenvalue weighted by Gasteiger charge is -2.29.